The molecule has 1 unspecified atom stereocenters. The Labute approximate surface area is 96.8 Å². The van der Waals surface area contributed by atoms with Gasteiger partial charge in [0.05, 0.1) is 0 Å². The van der Waals surface area contributed by atoms with Crippen molar-refractivity contribution in [3.05, 3.63) is 34.3 Å². The molecule has 1 aliphatic rings. The first-order valence-electron chi connectivity index (χ1n) is 5.71. The van der Waals surface area contributed by atoms with E-state index < -0.39 is 0 Å². The van der Waals surface area contributed by atoms with Crippen LogP contribution in [0.1, 0.15) is 24.0 Å². The molecule has 1 aromatic carbocycles. The molecule has 1 atom stereocenters. The van der Waals surface area contributed by atoms with Gasteiger partial charge in [-0.05, 0) is 68.5 Å². The molecular weight excluding hydrogens is 206 g/mol. The van der Waals surface area contributed by atoms with Gasteiger partial charge in [-0.2, -0.15) is 0 Å². The van der Waals surface area contributed by atoms with Gasteiger partial charge >= 0.3 is 0 Å². The second-order valence-corrected chi connectivity index (χ2v) is 4.99. The van der Waals surface area contributed by atoms with Gasteiger partial charge in [-0.3, -0.25) is 0 Å². The third kappa shape index (κ3) is 3.22. The lowest BCUT2D eigenvalue weighted by Crippen LogP contribution is -2.30. The van der Waals surface area contributed by atoms with Gasteiger partial charge < -0.3 is 5.32 Å². The normalized spacial score (nSPS) is 21.6. The monoisotopic (exact) mass is 223 g/mol. The molecule has 15 heavy (non-hydrogen) atoms. The van der Waals surface area contributed by atoms with Crippen LogP contribution < -0.4 is 5.32 Å². The Kier molecular flexibility index (Phi) is 3.66. The molecular formula is C13H18ClN. The zero-order chi connectivity index (χ0) is 10.7. The van der Waals surface area contributed by atoms with E-state index in [1.807, 2.05) is 6.07 Å². The average molecular weight is 224 g/mol. The molecule has 0 saturated carbocycles. The van der Waals surface area contributed by atoms with Gasteiger partial charge in [0.25, 0.3) is 0 Å². The minimum Gasteiger partial charge on any atom is -0.316 e. The Hall–Kier alpha value is -0.530. The maximum atomic E-state index is 6.05. The van der Waals surface area contributed by atoms with Crippen molar-refractivity contribution >= 4 is 11.6 Å². The second kappa shape index (κ2) is 5.00. The lowest BCUT2D eigenvalue weighted by molar-refractivity contribution is 0.376. The van der Waals surface area contributed by atoms with Gasteiger partial charge in [0.2, 0.25) is 0 Å². The van der Waals surface area contributed by atoms with E-state index >= 15 is 0 Å². The summed E-state index contributed by atoms with van der Waals surface area (Å²) in [5.74, 6) is 0.789. The van der Waals surface area contributed by atoms with E-state index in [1.54, 1.807) is 0 Å². The highest BCUT2D eigenvalue weighted by molar-refractivity contribution is 6.30. The van der Waals surface area contributed by atoms with Gasteiger partial charge in [0, 0.05) is 5.02 Å². The minimum absolute atomic E-state index is 0.789. The van der Waals surface area contributed by atoms with Gasteiger partial charge in [-0.1, -0.05) is 17.7 Å². The fourth-order valence-corrected chi connectivity index (χ4v) is 2.67. The van der Waals surface area contributed by atoms with Crippen molar-refractivity contribution in [3.8, 4) is 0 Å². The number of hydrogen-bond donors (Lipinski definition) is 1. The molecule has 0 aromatic heterocycles. The molecule has 1 heterocycles. The molecule has 0 spiro atoms. The van der Waals surface area contributed by atoms with E-state index in [0.29, 0.717) is 0 Å². The van der Waals surface area contributed by atoms with E-state index in [9.17, 15) is 0 Å². The van der Waals surface area contributed by atoms with Crippen molar-refractivity contribution in [2.24, 2.45) is 5.92 Å². The summed E-state index contributed by atoms with van der Waals surface area (Å²) in [6.07, 6.45) is 3.82. The standard InChI is InChI=1S/C13H18ClN/c1-10-5-12(8-13(14)6-10)7-11-3-2-4-15-9-11/h5-6,8,11,15H,2-4,7,9H2,1H3. The van der Waals surface area contributed by atoms with Gasteiger partial charge in [-0.25, -0.2) is 0 Å². The highest BCUT2D eigenvalue weighted by Gasteiger charge is 2.13. The lowest BCUT2D eigenvalue weighted by Gasteiger charge is -2.22. The summed E-state index contributed by atoms with van der Waals surface area (Å²) in [7, 11) is 0. The van der Waals surface area contributed by atoms with Crippen molar-refractivity contribution in [2.45, 2.75) is 26.2 Å². The van der Waals surface area contributed by atoms with E-state index in [4.69, 9.17) is 11.6 Å². The third-order valence-corrected chi connectivity index (χ3v) is 3.24. The summed E-state index contributed by atoms with van der Waals surface area (Å²) < 4.78 is 0. The zero-order valence-corrected chi connectivity index (χ0v) is 9.98. The quantitative estimate of drug-likeness (QED) is 0.812. The van der Waals surface area contributed by atoms with E-state index in [1.165, 1.54) is 30.5 Å². The molecule has 1 nitrogen and oxygen atoms in total. The van der Waals surface area contributed by atoms with Crippen molar-refractivity contribution in [1.29, 1.82) is 0 Å². The predicted molar refractivity (Wildman–Crippen MR) is 65.5 cm³/mol. The molecule has 1 aliphatic heterocycles. The summed E-state index contributed by atoms with van der Waals surface area (Å²) in [5, 5.41) is 4.32. The Bertz CT molecular complexity index is 309. The van der Waals surface area contributed by atoms with Gasteiger partial charge in [0.1, 0.15) is 0 Å². The Balaban J connectivity index is 2.02. The smallest absolute Gasteiger partial charge is 0.0411 e. The molecule has 82 valence electrons. The van der Waals surface area contributed by atoms with Crippen LogP contribution in [0.15, 0.2) is 18.2 Å². The van der Waals surface area contributed by atoms with Crippen molar-refractivity contribution < 1.29 is 0 Å². The van der Waals surface area contributed by atoms with Gasteiger partial charge in [-0.15, -0.1) is 0 Å². The first-order chi connectivity index (χ1) is 7.24. The fraction of sp³-hybridized carbons (Fsp3) is 0.538. The van der Waals surface area contributed by atoms with Crippen LogP contribution in [-0.2, 0) is 6.42 Å². The maximum Gasteiger partial charge on any atom is 0.0411 e. The van der Waals surface area contributed by atoms with Gasteiger partial charge in [0.15, 0.2) is 0 Å². The number of halogens is 1. The molecule has 0 radical (unpaired) electrons. The van der Waals surface area contributed by atoms with Crippen LogP contribution in [0.25, 0.3) is 0 Å². The summed E-state index contributed by atoms with van der Waals surface area (Å²) >= 11 is 6.05. The maximum absolute atomic E-state index is 6.05. The molecule has 2 heteroatoms. The Morgan fingerprint density at radius 3 is 2.93 bits per heavy atom. The molecule has 2 rings (SSSR count). The number of benzene rings is 1. The summed E-state index contributed by atoms with van der Waals surface area (Å²) in [6.45, 7) is 4.45. The lowest BCUT2D eigenvalue weighted by atomic mass is 9.92. The second-order valence-electron chi connectivity index (χ2n) is 4.55. The van der Waals surface area contributed by atoms with E-state index in [0.717, 1.165) is 23.9 Å². The van der Waals surface area contributed by atoms with Crippen molar-refractivity contribution in [3.63, 3.8) is 0 Å². The summed E-state index contributed by atoms with van der Waals surface area (Å²) in [5.41, 5.74) is 2.65. The number of aryl methyl sites for hydroxylation is 1. The number of rotatable bonds is 2. The molecule has 0 amide bonds. The van der Waals surface area contributed by atoms with Crippen LogP contribution in [0.3, 0.4) is 0 Å². The number of piperidine rings is 1. The first-order valence-corrected chi connectivity index (χ1v) is 6.08. The SMILES string of the molecule is Cc1cc(Cl)cc(CC2CCCNC2)c1. The van der Waals surface area contributed by atoms with Crippen LogP contribution >= 0.6 is 11.6 Å². The zero-order valence-electron chi connectivity index (χ0n) is 9.22. The van der Waals surface area contributed by atoms with Crippen molar-refractivity contribution in [1.82, 2.24) is 5.32 Å². The van der Waals surface area contributed by atoms with Crippen LogP contribution in [0, 0.1) is 12.8 Å². The molecule has 1 aromatic rings. The highest BCUT2D eigenvalue weighted by Crippen LogP contribution is 2.20. The fourth-order valence-electron chi connectivity index (χ4n) is 2.36. The number of hydrogen-bond acceptors (Lipinski definition) is 1. The molecule has 0 aliphatic carbocycles. The van der Waals surface area contributed by atoms with Crippen LogP contribution in [0.4, 0.5) is 0 Å². The minimum atomic E-state index is 0.789. The molecule has 0 bridgehead atoms. The number of nitrogens with one attached hydrogen (secondary N) is 1. The Morgan fingerprint density at radius 2 is 2.27 bits per heavy atom. The molecule has 1 N–H and O–H groups in total. The molecule has 1 saturated heterocycles. The largest absolute Gasteiger partial charge is 0.316 e. The summed E-state index contributed by atoms with van der Waals surface area (Å²) in [4.78, 5) is 0. The first kappa shape index (κ1) is 11.0. The Morgan fingerprint density at radius 1 is 1.40 bits per heavy atom. The van der Waals surface area contributed by atoms with Crippen molar-refractivity contribution in [2.75, 3.05) is 13.1 Å². The van der Waals surface area contributed by atoms with E-state index in [-0.39, 0.29) is 0 Å². The van der Waals surface area contributed by atoms with Crippen LogP contribution in [0.2, 0.25) is 5.02 Å². The summed E-state index contributed by atoms with van der Waals surface area (Å²) in [6, 6.07) is 6.37. The molecule has 1 fully saturated rings. The third-order valence-electron chi connectivity index (χ3n) is 3.03. The highest BCUT2D eigenvalue weighted by atomic mass is 35.5. The van der Waals surface area contributed by atoms with Crippen LogP contribution in [0.5, 0.6) is 0 Å². The van der Waals surface area contributed by atoms with E-state index in [2.05, 4.69) is 24.4 Å². The average Bonchev–Trinajstić information content (AvgIpc) is 2.17. The topological polar surface area (TPSA) is 12.0 Å². The predicted octanol–water partition coefficient (Wildman–Crippen LogP) is 3.19. The van der Waals surface area contributed by atoms with Crippen LogP contribution in [-0.4, -0.2) is 13.1 Å².